The molecule has 0 bridgehead atoms. The molecule has 8 heteroatoms. The van der Waals surface area contributed by atoms with E-state index in [4.69, 9.17) is 5.84 Å². The second-order valence-corrected chi connectivity index (χ2v) is 6.74. The average Bonchev–Trinajstić information content (AvgIpc) is 2.94. The van der Waals surface area contributed by atoms with Gasteiger partial charge in [-0.15, -0.1) is 10.2 Å². The fourth-order valence-corrected chi connectivity index (χ4v) is 3.46. The van der Waals surface area contributed by atoms with Crippen molar-refractivity contribution in [3.05, 3.63) is 24.5 Å². The molecule has 2 N–H and O–H groups in total. The molecule has 1 atom stereocenters. The van der Waals surface area contributed by atoms with Crippen molar-refractivity contribution in [2.45, 2.75) is 24.9 Å². The Labute approximate surface area is 139 Å². The third-order valence-electron chi connectivity index (χ3n) is 3.92. The zero-order chi connectivity index (χ0) is 16.2. The van der Waals surface area contributed by atoms with Crippen LogP contribution in [0.15, 0.2) is 29.7 Å². The molecule has 0 aliphatic carbocycles. The van der Waals surface area contributed by atoms with E-state index in [0.29, 0.717) is 22.7 Å². The largest absolute Gasteiger partial charge is 0.342 e. The molecule has 1 aliphatic heterocycles. The molecule has 0 aromatic carbocycles. The van der Waals surface area contributed by atoms with Crippen molar-refractivity contribution in [3.8, 4) is 11.4 Å². The number of likely N-dealkylation sites (tertiary alicyclic amines) is 1. The Morgan fingerprint density at radius 2 is 2.35 bits per heavy atom. The quantitative estimate of drug-likeness (QED) is 0.672. The summed E-state index contributed by atoms with van der Waals surface area (Å²) in [4.78, 5) is 18.3. The van der Waals surface area contributed by atoms with Crippen LogP contribution in [0.4, 0.5) is 0 Å². The van der Waals surface area contributed by atoms with Crippen LogP contribution in [0, 0.1) is 5.92 Å². The predicted octanol–water partition coefficient (Wildman–Crippen LogP) is 1.40. The molecular formula is C15H20N6OS. The number of hydrogen-bond acceptors (Lipinski definition) is 6. The van der Waals surface area contributed by atoms with Crippen molar-refractivity contribution in [1.29, 1.82) is 0 Å². The zero-order valence-electron chi connectivity index (χ0n) is 13.1. The molecule has 1 fully saturated rings. The minimum Gasteiger partial charge on any atom is -0.342 e. The van der Waals surface area contributed by atoms with Crippen LogP contribution in [0.3, 0.4) is 0 Å². The summed E-state index contributed by atoms with van der Waals surface area (Å²) in [5, 5.41) is 8.70. The first-order valence-electron chi connectivity index (χ1n) is 7.66. The minimum atomic E-state index is 0.132. The molecule has 0 radical (unpaired) electrons. The molecule has 1 saturated heterocycles. The summed E-state index contributed by atoms with van der Waals surface area (Å²) in [7, 11) is 0. The molecule has 0 unspecified atom stereocenters. The van der Waals surface area contributed by atoms with E-state index in [-0.39, 0.29) is 5.91 Å². The number of nitrogens with zero attached hydrogens (tertiary/aromatic N) is 5. The Hall–Kier alpha value is -2.09. The maximum Gasteiger partial charge on any atom is 0.233 e. The highest BCUT2D eigenvalue weighted by molar-refractivity contribution is 7.99. The maximum absolute atomic E-state index is 12.3. The van der Waals surface area contributed by atoms with E-state index in [2.05, 4.69) is 22.1 Å². The lowest BCUT2D eigenvalue weighted by atomic mass is 10.0. The molecular weight excluding hydrogens is 312 g/mol. The number of carbonyl (C=O) groups is 1. The van der Waals surface area contributed by atoms with Crippen LogP contribution in [0.2, 0.25) is 0 Å². The second-order valence-electron chi connectivity index (χ2n) is 5.79. The van der Waals surface area contributed by atoms with Crippen LogP contribution in [0.1, 0.15) is 19.8 Å². The third-order valence-corrected chi connectivity index (χ3v) is 4.85. The van der Waals surface area contributed by atoms with Crippen molar-refractivity contribution < 1.29 is 4.79 Å². The van der Waals surface area contributed by atoms with Crippen LogP contribution >= 0.6 is 11.8 Å². The highest BCUT2D eigenvalue weighted by Gasteiger charge is 2.22. The standard InChI is InChI=1S/C15H20N6OS/c1-11-4-3-7-20(9-11)13(22)10-23-15-19-18-14(21(15)16)12-5-2-6-17-8-12/h2,5-6,8,11H,3-4,7,9-10,16H2,1H3/t11-/m1/s1. The van der Waals surface area contributed by atoms with Crippen LogP contribution in [-0.4, -0.2) is 49.5 Å². The van der Waals surface area contributed by atoms with E-state index in [1.807, 2.05) is 17.0 Å². The van der Waals surface area contributed by atoms with Gasteiger partial charge in [-0.2, -0.15) is 0 Å². The molecule has 122 valence electrons. The molecule has 1 amide bonds. The van der Waals surface area contributed by atoms with Crippen LogP contribution < -0.4 is 5.84 Å². The van der Waals surface area contributed by atoms with Gasteiger partial charge in [-0.25, -0.2) is 4.68 Å². The first kappa shape index (κ1) is 15.8. The second kappa shape index (κ2) is 6.99. The summed E-state index contributed by atoms with van der Waals surface area (Å²) < 4.78 is 1.41. The third kappa shape index (κ3) is 3.64. The van der Waals surface area contributed by atoms with Gasteiger partial charge in [-0.1, -0.05) is 18.7 Å². The molecule has 7 nitrogen and oxygen atoms in total. The number of nitrogen functional groups attached to an aromatic ring is 1. The Balaban J connectivity index is 1.63. The highest BCUT2D eigenvalue weighted by Crippen LogP contribution is 2.22. The van der Waals surface area contributed by atoms with Gasteiger partial charge in [0, 0.05) is 31.0 Å². The van der Waals surface area contributed by atoms with E-state index in [0.717, 1.165) is 25.1 Å². The van der Waals surface area contributed by atoms with Crippen LogP contribution in [0.5, 0.6) is 0 Å². The topological polar surface area (TPSA) is 89.9 Å². The SMILES string of the molecule is C[C@@H]1CCCN(C(=O)CSc2nnc(-c3cccnc3)n2N)C1. The fraction of sp³-hybridized carbons (Fsp3) is 0.467. The number of aromatic nitrogens is 4. The van der Waals surface area contributed by atoms with E-state index >= 15 is 0 Å². The highest BCUT2D eigenvalue weighted by atomic mass is 32.2. The van der Waals surface area contributed by atoms with Gasteiger partial charge in [0.2, 0.25) is 11.1 Å². The smallest absolute Gasteiger partial charge is 0.233 e. The van der Waals surface area contributed by atoms with E-state index in [9.17, 15) is 4.79 Å². The number of piperidine rings is 1. The van der Waals surface area contributed by atoms with Gasteiger partial charge in [0.25, 0.3) is 0 Å². The van der Waals surface area contributed by atoms with Gasteiger partial charge >= 0.3 is 0 Å². The molecule has 0 saturated carbocycles. The van der Waals surface area contributed by atoms with Crippen LogP contribution in [0.25, 0.3) is 11.4 Å². The van der Waals surface area contributed by atoms with Crippen molar-refractivity contribution in [2.24, 2.45) is 5.92 Å². The van der Waals surface area contributed by atoms with Gasteiger partial charge in [0.15, 0.2) is 5.82 Å². The lowest BCUT2D eigenvalue weighted by Gasteiger charge is -2.30. The average molecular weight is 332 g/mol. The number of pyridine rings is 1. The van der Waals surface area contributed by atoms with E-state index in [1.54, 1.807) is 12.4 Å². The molecule has 1 aliphatic rings. The Kier molecular flexibility index (Phi) is 4.80. The number of carbonyl (C=O) groups excluding carboxylic acids is 1. The van der Waals surface area contributed by atoms with Gasteiger partial charge in [0.05, 0.1) is 5.75 Å². The summed E-state index contributed by atoms with van der Waals surface area (Å²) in [6.07, 6.45) is 5.65. The predicted molar refractivity (Wildman–Crippen MR) is 89.1 cm³/mol. The summed E-state index contributed by atoms with van der Waals surface area (Å²) in [6.45, 7) is 3.87. The number of nitrogens with two attached hydrogens (primary N) is 1. The Bertz CT molecular complexity index is 674. The van der Waals surface area contributed by atoms with Crippen molar-refractivity contribution in [1.82, 2.24) is 24.8 Å². The zero-order valence-corrected chi connectivity index (χ0v) is 13.9. The first-order chi connectivity index (χ1) is 11.1. The summed E-state index contributed by atoms with van der Waals surface area (Å²) >= 11 is 1.32. The summed E-state index contributed by atoms with van der Waals surface area (Å²) in [6, 6.07) is 3.69. The fourth-order valence-electron chi connectivity index (χ4n) is 2.70. The lowest BCUT2D eigenvalue weighted by molar-refractivity contribution is -0.130. The van der Waals surface area contributed by atoms with Crippen molar-refractivity contribution >= 4 is 17.7 Å². The Morgan fingerprint density at radius 3 is 3.09 bits per heavy atom. The lowest BCUT2D eigenvalue weighted by Crippen LogP contribution is -2.40. The molecule has 23 heavy (non-hydrogen) atoms. The minimum absolute atomic E-state index is 0.132. The molecule has 3 rings (SSSR count). The molecule has 3 heterocycles. The number of amides is 1. The van der Waals surface area contributed by atoms with Gasteiger partial charge in [-0.05, 0) is 30.9 Å². The number of hydrogen-bond donors (Lipinski definition) is 1. The number of thioether (sulfide) groups is 1. The van der Waals surface area contributed by atoms with Gasteiger partial charge in [-0.3, -0.25) is 9.78 Å². The maximum atomic E-state index is 12.3. The van der Waals surface area contributed by atoms with Crippen molar-refractivity contribution in [3.63, 3.8) is 0 Å². The van der Waals surface area contributed by atoms with Crippen LogP contribution in [-0.2, 0) is 4.79 Å². The van der Waals surface area contributed by atoms with Gasteiger partial charge in [0.1, 0.15) is 0 Å². The monoisotopic (exact) mass is 332 g/mol. The first-order valence-corrected chi connectivity index (χ1v) is 8.65. The summed E-state index contributed by atoms with van der Waals surface area (Å²) in [5.41, 5.74) is 0.797. The number of rotatable bonds is 4. The normalized spacial score (nSPS) is 18.1. The molecule has 0 spiro atoms. The van der Waals surface area contributed by atoms with E-state index < -0.39 is 0 Å². The van der Waals surface area contributed by atoms with Crippen molar-refractivity contribution in [2.75, 3.05) is 24.7 Å². The molecule has 2 aromatic heterocycles. The van der Waals surface area contributed by atoms with E-state index in [1.165, 1.54) is 22.9 Å². The molecule has 2 aromatic rings. The summed E-state index contributed by atoms with van der Waals surface area (Å²) in [5.74, 6) is 7.62. The van der Waals surface area contributed by atoms with Gasteiger partial charge < -0.3 is 10.7 Å². The Morgan fingerprint density at radius 1 is 1.48 bits per heavy atom.